The lowest BCUT2D eigenvalue weighted by Gasteiger charge is -2.24. The van der Waals surface area contributed by atoms with Crippen LogP contribution in [0.2, 0.25) is 0 Å². The minimum atomic E-state index is -1.21. The van der Waals surface area contributed by atoms with E-state index in [0.717, 1.165) is 4.47 Å². The van der Waals surface area contributed by atoms with Gasteiger partial charge in [0.25, 0.3) is 5.69 Å². The molecule has 1 unspecified atom stereocenters. The monoisotopic (exact) mass is 368 g/mol. The lowest BCUT2D eigenvalue weighted by atomic mass is 9.96. The Morgan fingerprint density at radius 2 is 2.09 bits per heavy atom. The van der Waals surface area contributed by atoms with Crippen LogP contribution in [0.4, 0.5) is 11.4 Å². The smallest absolute Gasteiger partial charge is 0.292 e. The van der Waals surface area contributed by atoms with Gasteiger partial charge < -0.3 is 14.8 Å². The van der Waals surface area contributed by atoms with Gasteiger partial charge in [-0.15, -0.1) is 0 Å². The number of aliphatic hydroxyl groups is 1. The van der Waals surface area contributed by atoms with E-state index in [1.165, 1.54) is 6.07 Å². The number of nitro benzene ring substituents is 1. The largest absolute Gasteiger partial charge is 0.466 e. The van der Waals surface area contributed by atoms with Crippen molar-refractivity contribution in [1.82, 2.24) is 0 Å². The number of nitrogens with one attached hydrogen (secondary N) is 1. The summed E-state index contributed by atoms with van der Waals surface area (Å²) in [6.45, 7) is 5.34. The fourth-order valence-electron chi connectivity index (χ4n) is 2.34. The van der Waals surface area contributed by atoms with Crippen molar-refractivity contribution in [2.24, 2.45) is 0 Å². The first-order chi connectivity index (χ1) is 10.2. The molecule has 2 N–H and O–H groups in total. The molecule has 0 aliphatic carbocycles. The first-order valence-electron chi connectivity index (χ1n) is 6.68. The molecule has 0 fully saturated rings. The molecular weight excluding hydrogens is 352 g/mol. The maximum atomic E-state index is 11.1. The van der Waals surface area contributed by atoms with Gasteiger partial charge in [0.15, 0.2) is 0 Å². The van der Waals surface area contributed by atoms with Gasteiger partial charge in [-0.05, 0) is 39.0 Å². The number of aryl methyl sites for hydroxylation is 2. The fraction of sp³-hybridized carbons (Fsp3) is 0.333. The molecule has 0 aliphatic heterocycles. The van der Waals surface area contributed by atoms with Crippen molar-refractivity contribution in [1.29, 1.82) is 0 Å². The van der Waals surface area contributed by atoms with Crippen LogP contribution in [0.15, 0.2) is 33.2 Å². The molecule has 1 heterocycles. The van der Waals surface area contributed by atoms with Crippen LogP contribution in [-0.2, 0) is 5.60 Å². The van der Waals surface area contributed by atoms with Gasteiger partial charge in [-0.1, -0.05) is 15.9 Å². The molecule has 118 valence electrons. The van der Waals surface area contributed by atoms with Crippen LogP contribution >= 0.6 is 15.9 Å². The lowest BCUT2D eigenvalue weighted by Crippen LogP contribution is -2.31. The molecule has 0 aliphatic rings. The van der Waals surface area contributed by atoms with E-state index in [1.54, 1.807) is 39.0 Å². The van der Waals surface area contributed by atoms with Crippen molar-refractivity contribution in [2.45, 2.75) is 26.4 Å². The molecule has 6 nitrogen and oxygen atoms in total. The predicted molar refractivity (Wildman–Crippen MR) is 87.0 cm³/mol. The van der Waals surface area contributed by atoms with Crippen molar-refractivity contribution in [3.63, 3.8) is 0 Å². The van der Waals surface area contributed by atoms with E-state index in [-0.39, 0.29) is 12.2 Å². The van der Waals surface area contributed by atoms with Crippen LogP contribution < -0.4 is 5.32 Å². The normalized spacial score (nSPS) is 13.7. The van der Waals surface area contributed by atoms with E-state index >= 15 is 0 Å². The maximum Gasteiger partial charge on any atom is 0.292 e. The Bertz CT molecular complexity index is 710. The van der Waals surface area contributed by atoms with E-state index in [2.05, 4.69) is 21.2 Å². The highest BCUT2D eigenvalue weighted by molar-refractivity contribution is 9.10. The second-order valence-electron chi connectivity index (χ2n) is 5.37. The van der Waals surface area contributed by atoms with Gasteiger partial charge in [-0.2, -0.15) is 0 Å². The fourth-order valence-corrected chi connectivity index (χ4v) is 2.70. The van der Waals surface area contributed by atoms with Crippen LogP contribution in [0, 0.1) is 24.0 Å². The van der Waals surface area contributed by atoms with Crippen molar-refractivity contribution < 1.29 is 14.4 Å². The van der Waals surface area contributed by atoms with Gasteiger partial charge in [0.2, 0.25) is 0 Å². The van der Waals surface area contributed by atoms with Gasteiger partial charge in [0, 0.05) is 22.6 Å². The Morgan fingerprint density at radius 3 is 2.64 bits per heavy atom. The molecule has 0 radical (unpaired) electrons. The van der Waals surface area contributed by atoms with Crippen LogP contribution in [0.1, 0.15) is 24.0 Å². The second kappa shape index (κ2) is 6.10. The molecule has 0 saturated heterocycles. The molecule has 1 atom stereocenters. The van der Waals surface area contributed by atoms with E-state index in [9.17, 15) is 15.2 Å². The van der Waals surface area contributed by atoms with Crippen LogP contribution in [0.25, 0.3) is 0 Å². The average molecular weight is 369 g/mol. The van der Waals surface area contributed by atoms with Gasteiger partial charge >= 0.3 is 0 Å². The number of hydrogen-bond acceptors (Lipinski definition) is 5. The predicted octanol–water partition coefficient (Wildman–Crippen LogP) is 3.89. The molecule has 22 heavy (non-hydrogen) atoms. The zero-order valence-corrected chi connectivity index (χ0v) is 14.1. The minimum Gasteiger partial charge on any atom is -0.466 e. The molecule has 1 aromatic carbocycles. The zero-order chi connectivity index (χ0) is 16.5. The quantitative estimate of drug-likeness (QED) is 0.617. The third-order valence-corrected chi connectivity index (χ3v) is 3.89. The van der Waals surface area contributed by atoms with Gasteiger partial charge in [0.05, 0.1) is 4.92 Å². The van der Waals surface area contributed by atoms with Gasteiger partial charge in [0.1, 0.15) is 22.8 Å². The highest BCUT2D eigenvalue weighted by Crippen LogP contribution is 2.31. The standard InChI is InChI=1S/C15H17BrN2O4/c1-9-6-12(10(2)22-9)15(3,19)8-17-13-7-11(16)4-5-14(13)18(20)21/h4-7,17,19H,8H2,1-3H3. The summed E-state index contributed by atoms with van der Waals surface area (Å²) in [7, 11) is 0. The maximum absolute atomic E-state index is 11.1. The van der Waals surface area contributed by atoms with Crippen LogP contribution in [-0.4, -0.2) is 16.6 Å². The van der Waals surface area contributed by atoms with E-state index in [4.69, 9.17) is 4.42 Å². The Labute approximate surface area is 136 Å². The third kappa shape index (κ3) is 3.48. The van der Waals surface area contributed by atoms with E-state index < -0.39 is 10.5 Å². The molecule has 2 rings (SSSR count). The Balaban J connectivity index is 2.24. The zero-order valence-electron chi connectivity index (χ0n) is 12.5. The number of nitrogens with zero attached hydrogens (tertiary/aromatic N) is 1. The number of anilines is 1. The summed E-state index contributed by atoms with van der Waals surface area (Å²) < 4.78 is 6.15. The molecule has 2 aromatic rings. The molecular formula is C15H17BrN2O4. The first-order valence-corrected chi connectivity index (χ1v) is 7.48. The highest BCUT2D eigenvalue weighted by Gasteiger charge is 2.28. The number of hydrogen-bond donors (Lipinski definition) is 2. The highest BCUT2D eigenvalue weighted by atomic mass is 79.9. The number of benzene rings is 1. The summed E-state index contributed by atoms with van der Waals surface area (Å²) >= 11 is 3.29. The average Bonchev–Trinajstić information content (AvgIpc) is 2.76. The summed E-state index contributed by atoms with van der Waals surface area (Å²) in [5, 5.41) is 24.6. The summed E-state index contributed by atoms with van der Waals surface area (Å²) in [4.78, 5) is 10.6. The number of furan rings is 1. The molecule has 0 spiro atoms. The van der Waals surface area contributed by atoms with Crippen LogP contribution in [0.5, 0.6) is 0 Å². The Morgan fingerprint density at radius 1 is 1.41 bits per heavy atom. The number of rotatable bonds is 5. The van der Waals surface area contributed by atoms with E-state index in [0.29, 0.717) is 22.8 Å². The topological polar surface area (TPSA) is 88.5 Å². The van der Waals surface area contributed by atoms with Crippen LogP contribution in [0.3, 0.4) is 0 Å². The first kappa shape index (κ1) is 16.5. The third-order valence-electron chi connectivity index (χ3n) is 3.40. The van der Waals surface area contributed by atoms with Crippen molar-refractivity contribution in [3.8, 4) is 0 Å². The van der Waals surface area contributed by atoms with Gasteiger partial charge in [-0.25, -0.2) is 0 Å². The minimum absolute atomic E-state index is 0.0425. The second-order valence-corrected chi connectivity index (χ2v) is 6.29. The number of halogens is 1. The van der Waals surface area contributed by atoms with E-state index in [1.807, 2.05) is 0 Å². The molecule has 0 bridgehead atoms. The summed E-state index contributed by atoms with van der Waals surface area (Å²) in [5.74, 6) is 1.34. The Hall–Kier alpha value is -1.86. The van der Waals surface area contributed by atoms with Gasteiger partial charge in [-0.3, -0.25) is 10.1 Å². The summed E-state index contributed by atoms with van der Waals surface area (Å²) in [6, 6.07) is 6.40. The Kier molecular flexibility index (Phi) is 4.58. The van der Waals surface area contributed by atoms with Crippen molar-refractivity contribution in [2.75, 3.05) is 11.9 Å². The summed E-state index contributed by atoms with van der Waals surface area (Å²) in [6.07, 6.45) is 0. The number of nitro groups is 1. The van der Waals surface area contributed by atoms with Crippen molar-refractivity contribution in [3.05, 3.63) is 55.9 Å². The lowest BCUT2D eigenvalue weighted by molar-refractivity contribution is -0.384. The molecule has 7 heteroatoms. The SMILES string of the molecule is Cc1cc(C(C)(O)CNc2cc(Br)ccc2[N+](=O)[O-])c(C)o1. The molecule has 1 aromatic heterocycles. The van der Waals surface area contributed by atoms with Crippen molar-refractivity contribution >= 4 is 27.3 Å². The molecule has 0 saturated carbocycles. The molecule has 0 amide bonds. The summed E-state index contributed by atoms with van der Waals surface area (Å²) in [5.41, 5.74) is -0.246.